The van der Waals surface area contributed by atoms with Crippen LogP contribution in [0.25, 0.3) is 5.57 Å². The Bertz CT molecular complexity index is 570. The minimum absolute atomic E-state index is 0.0111. The number of ether oxygens (including phenoxy) is 1. The highest BCUT2D eigenvalue weighted by Gasteiger charge is 2.18. The molecule has 0 atom stereocenters. The Morgan fingerprint density at radius 1 is 1.50 bits per heavy atom. The minimum atomic E-state index is -0.460. The number of benzene rings is 1. The lowest BCUT2D eigenvalue weighted by Gasteiger charge is -2.15. The van der Waals surface area contributed by atoms with E-state index in [-0.39, 0.29) is 5.69 Å². The summed E-state index contributed by atoms with van der Waals surface area (Å²) in [4.78, 5) is 10.4. The van der Waals surface area contributed by atoms with Gasteiger partial charge in [0, 0.05) is 11.6 Å². The molecule has 5 nitrogen and oxygen atoms in total. The Hall–Kier alpha value is -2.19. The zero-order valence-corrected chi connectivity index (χ0v) is 9.97. The van der Waals surface area contributed by atoms with Crippen LogP contribution in [-0.2, 0) is 4.74 Å². The van der Waals surface area contributed by atoms with Crippen LogP contribution in [0, 0.1) is 28.4 Å². The van der Waals surface area contributed by atoms with E-state index >= 15 is 0 Å². The fourth-order valence-electron chi connectivity index (χ4n) is 2.02. The van der Waals surface area contributed by atoms with Crippen molar-refractivity contribution in [2.75, 3.05) is 13.2 Å². The number of nitriles is 1. The van der Waals surface area contributed by atoms with Crippen molar-refractivity contribution < 1.29 is 9.66 Å². The maximum atomic E-state index is 10.8. The number of hydrogen-bond acceptors (Lipinski definition) is 4. The van der Waals surface area contributed by atoms with E-state index in [0.29, 0.717) is 24.3 Å². The van der Waals surface area contributed by atoms with Gasteiger partial charge in [0.15, 0.2) is 0 Å². The Morgan fingerprint density at radius 2 is 2.28 bits per heavy atom. The van der Waals surface area contributed by atoms with Gasteiger partial charge in [-0.2, -0.15) is 5.26 Å². The van der Waals surface area contributed by atoms with Gasteiger partial charge >= 0.3 is 0 Å². The third-order valence-corrected chi connectivity index (χ3v) is 2.96. The van der Waals surface area contributed by atoms with E-state index in [1.165, 1.54) is 6.07 Å². The maximum absolute atomic E-state index is 10.8. The van der Waals surface area contributed by atoms with E-state index in [2.05, 4.69) is 0 Å². The molecule has 1 aliphatic rings. The molecule has 1 heterocycles. The van der Waals surface area contributed by atoms with Crippen LogP contribution in [0.15, 0.2) is 18.2 Å². The Morgan fingerprint density at radius 3 is 2.83 bits per heavy atom. The Kier molecular flexibility index (Phi) is 3.40. The molecular weight excluding hydrogens is 232 g/mol. The van der Waals surface area contributed by atoms with Crippen LogP contribution in [0.2, 0.25) is 0 Å². The summed E-state index contributed by atoms with van der Waals surface area (Å²) in [5, 5.41) is 20.0. The zero-order chi connectivity index (χ0) is 13.1. The Labute approximate surface area is 104 Å². The smallest absolute Gasteiger partial charge is 0.273 e. The molecule has 0 fully saturated rings. The predicted molar refractivity (Wildman–Crippen MR) is 66.0 cm³/mol. The summed E-state index contributed by atoms with van der Waals surface area (Å²) >= 11 is 0. The van der Waals surface area contributed by atoms with Gasteiger partial charge in [-0.3, -0.25) is 10.1 Å². The molecule has 5 heteroatoms. The number of rotatable bonds is 2. The van der Waals surface area contributed by atoms with Crippen molar-refractivity contribution >= 4 is 11.3 Å². The standard InChI is InChI=1S/C13H12N2O3/c1-9-6-12(10-2-4-18-5-3-10)11(8-14)7-13(9)15(16)17/h2,6-7H,3-5H2,1H3. The minimum Gasteiger partial charge on any atom is -0.377 e. The molecule has 0 N–H and O–H groups in total. The van der Waals surface area contributed by atoms with Crippen LogP contribution >= 0.6 is 0 Å². The molecular formula is C13H12N2O3. The molecule has 18 heavy (non-hydrogen) atoms. The van der Waals surface area contributed by atoms with Crippen LogP contribution < -0.4 is 0 Å². The highest BCUT2D eigenvalue weighted by atomic mass is 16.6. The van der Waals surface area contributed by atoms with Gasteiger partial charge in [-0.1, -0.05) is 6.08 Å². The zero-order valence-electron chi connectivity index (χ0n) is 9.97. The third kappa shape index (κ3) is 2.24. The number of nitro benzene ring substituents is 1. The SMILES string of the molecule is Cc1cc(C2=CCOCC2)c(C#N)cc1[N+](=O)[O-]. The molecule has 92 valence electrons. The van der Waals surface area contributed by atoms with Gasteiger partial charge in [0.25, 0.3) is 5.69 Å². The van der Waals surface area contributed by atoms with Crippen molar-refractivity contribution in [2.45, 2.75) is 13.3 Å². The van der Waals surface area contributed by atoms with Crippen LogP contribution in [0.5, 0.6) is 0 Å². The first-order valence-corrected chi connectivity index (χ1v) is 5.59. The summed E-state index contributed by atoms with van der Waals surface area (Å²) in [6, 6.07) is 5.09. The second-order valence-corrected chi connectivity index (χ2v) is 4.11. The molecule has 0 amide bonds. The number of nitro groups is 1. The highest BCUT2D eigenvalue weighted by molar-refractivity contribution is 5.73. The second kappa shape index (κ2) is 4.98. The average Bonchev–Trinajstić information content (AvgIpc) is 2.39. The molecule has 2 rings (SSSR count). The first-order chi connectivity index (χ1) is 8.63. The maximum Gasteiger partial charge on any atom is 0.273 e. The molecule has 0 saturated heterocycles. The van der Waals surface area contributed by atoms with E-state index in [1.807, 2.05) is 12.1 Å². The van der Waals surface area contributed by atoms with Gasteiger partial charge in [0.2, 0.25) is 0 Å². The number of hydrogen-bond donors (Lipinski definition) is 0. The van der Waals surface area contributed by atoms with Crippen LogP contribution in [0.1, 0.15) is 23.1 Å². The van der Waals surface area contributed by atoms with Crippen molar-refractivity contribution in [1.29, 1.82) is 5.26 Å². The molecule has 0 aromatic heterocycles. The van der Waals surface area contributed by atoms with Gasteiger partial charge in [0.05, 0.1) is 23.7 Å². The molecule has 1 aromatic carbocycles. The first-order valence-electron chi connectivity index (χ1n) is 5.59. The number of aryl methyl sites for hydroxylation is 1. The summed E-state index contributed by atoms with van der Waals surface area (Å²) < 4.78 is 5.22. The van der Waals surface area contributed by atoms with Crippen LogP contribution in [-0.4, -0.2) is 18.1 Å². The van der Waals surface area contributed by atoms with E-state index in [4.69, 9.17) is 10.00 Å². The topological polar surface area (TPSA) is 76.2 Å². The summed E-state index contributed by atoms with van der Waals surface area (Å²) in [6.07, 6.45) is 2.65. The second-order valence-electron chi connectivity index (χ2n) is 4.11. The van der Waals surface area contributed by atoms with E-state index in [9.17, 15) is 10.1 Å². The fourth-order valence-corrected chi connectivity index (χ4v) is 2.02. The molecule has 1 aromatic rings. The molecule has 0 saturated carbocycles. The molecule has 0 aliphatic carbocycles. The van der Waals surface area contributed by atoms with Crippen molar-refractivity contribution in [3.8, 4) is 6.07 Å². The van der Waals surface area contributed by atoms with E-state index in [1.54, 1.807) is 13.0 Å². The van der Waals surface area contributed by atoms with Crippen LogP contribution in [0.3, 0.4) is 0 Å². The lowest BCUT2D eigenvalue weighted by molar-refractivity contribution is -0.385. The summed E-state index contributed by atoms with van der Waals surface area (Å²) in [5.41, 5.74) is 2.71. The highest BCUT2D eigenvalue weighted by Crippen LogP contribution is 2.29. The summed E-state index contributed by atoms with van der Waals surface area (Å²) in [6.45, 7) is 2.83. The van der Waals surface area contributed by atoms with Gasteiger partial charge in [-0.15, -0.1) is 0 Å². The van der Waals surface area contributed by atoms with Gasteiger partial charge in [0.1, 0.15) is 6.07 Å². The molecule has 0 spiro atoms. The van der Waals surface area contributed by atoms with Crippen molar-refractivity contribution in [3.05, 3.63) is 45.0 Å². The van der Waals surface area contributed by atoms with Gasteiger partial charge in [-0.25, -0.2) is 0 Å². The average molecular weight is 244 g/mol. The van der Waals surface area contributed by atoms with Gasteiger partial charge in [-0.05, 0) is 30.5 Å². The summed E-state index contributed by atoms with van der Waals surface area (Å²) in [5.74, 6) is 0. The normalized spacial score (nSPS) is 14.8. The molecule has 0 radical (unpaired) electrons. The molecule has 0 unspecified atom stereocenters. The largest absolute Gasteiger partial charge is 0.377 e. The monoisotopic (exact) mass is 244 g/mol. The first kappa shape index (κ1) is 12.3. The molecule has 0 bridgehead atoms. The quantitative estimate of drug-likeness (QED) is 0.591. The third-order valence-electron chi connectivity index (χ3n) is 2.96. The van der Waals surface area contributed by atoms with E-state index < -0.39 is 4.92 Å². The lowest BCUT2D eigenvalue weighted by atomic mass is 9.94. The summed E-state index contributed by atoms with van der Waals surface area (Å²) in [7, 11) is 0. The fraction of sp³-hybridized carbons (Fsp3) is 0.308. The lowest BCUT2D eigenvalue weighted by Crippen LogP contribution is -2.05. The predicted octanol–water partition coefficient (Wildman–Crippen LogP) is 2.58. The van der Waals surface area contributed by atoms with Crippen molar-refractivity contribution in [2.24, 2.45) is 0 Å². The molecule has 1 aliphatic heterocycles. The van der Waals surface area contributed by atoms with Crippen molar-refractivity contribution in [1.82, 2.24) is 0 Å². The van der Waals surface area contributed by atoms with Gasteiger partial charge < -0.3 is 4.74 Å². The Balaban J connectivity index is 2.55. The van der Waals surface area contributed by atoms with Crippen molar-refractivity contribution in [3.63, 3.8) is 0 Å². The van der Waals surface area contributed by atoms with Crippen LogP contribution in [0.4, 0.5) is 5.69 Å². The van der Waals surface area contributed by atoms with E-state index in [0.717, 1.165) is 17.6 Å². The number of nitrogens with zero attached hydrogens (tertiary/aromatic N) is 2.